The van der Waals surface area contributed by atoms with E-state index in [1.807, 2.05) is 0 Å². The van der Waals surface area contributed by atoms with Gasteiger partial charge in [0, 0.05) is 39.5 Å². The van der Waals surface area contributed by atoms with Crippen LogP contribution < -0.4 is 9.80 Å². The first-order valence-electron chi connectivity index (χ1n) is 24.0. The summed E-state index contributed by atoms with van der Waals surface area (Å²) in [6.07, 6.45) is 11.2. The summed E-state index contributed by atoms with van der Waals surface area (Å²) >= 11 is 0. The molecule has 2 heterocycles. The Labute approximate surface area is 388 Å². The van der Waals surface area contributed by atoms with Crippen LogP contribution in [0.4, 0.5) is 28.4 Å². The van der Waals surface area contributed by atoms with Gasteiger partial charge in [0.15, 0.2) is 0 Å². The molecule has 0 bridgehead atoms. The number of aryl methyl sites for hydroxylation is 4. The Bertz CT molecular complexity index is 3500. The average Bonchev–Trinajstić information content (AvgIpc) is 3.47. The molecule has 318 valence electrons. The van der Waals surface area contributed by atoms with E-state index >= 15 is 0 Å². The summed E-state index contributed by atoms with van der Waals surface area (Å²) in [5.41, 5.74) is 24.9. The Balaban J connectivity index is 1.14. The van der Waals surface area contributed by atoms with Crippen molar-refractivity contribution in [2.24, 2.45) is 0 Å². The molecule has 9 aromatic rings. The molecular formula is C64H52N2. The van der Waals surface area contributed by atoms with Gasteiger partial charge in [-0.3, -0.25) is 0 Å². The average molecular weight is 849 g/mol. The lowest BCUT2D eigenvalue weighted by Gasteiger charge is -2.31. The van der Waals surface area contributed by atoms with Gasteiger partial charge in [0.2, 0.25) is 0 Å². The van der Waals surface area contributed by atoms with Crippen LogP contribution in [0.25, 0.3) is 54.9 Å². The Hall–Kier alpha value is -7.42. The van der Waals surface area contributed by atoms with Crippen LogP contribution in [-0.2, 0) is 24.7 Å². The van der Waals surface area contributed by atoms with Crippen molar-refractivity contribution >= 4 is 50.0 Å². The zero-order chi connectivity index (χ0) is 44.1. The SMILES string of the molecule is Cc1cccc(-c2c3ccc(N4c5ccccc5CCc5ccccc54)cc3c(-c3ccc4c(c3)C(C)(C)c3ccccc3-4)c3ccc(N4C5=C(CCC=C5)CCc5ccccc54)cc23)c1. The maximum Gasteiger partial charge on any atom is 0.0493 e. The van der Waals surface area contributed by atoms with E-state index in [9.17, 15) is 0 Å². The van der Waals surface area contributed by atoms with Gasteiger partial charge >= 0.3 is 0 Å². The molecule has 0 unspecified atom stereocenters. The second-order valence-corrected chi connectivity index (χ2v) is 19.5. The van der Waals surface area contributed by atoms with E-state index < -0.39 is 0 Å². The monoisotopic (exact) mass is 848 g/mol. The van der Waals surface area contributed by atoms with Gasteiger partial charge in [-0.25, -0.2) is 0 Å². The molecule has 2 nitrogen and oxygen atoms in total. The van der Waals surface area contributed by atoms with Crippen LogP contribution in [0, 0.1) is 6.92 Å². The highest BCUT2D eigenvalue weighted by molar-refractivity contribution is 6.23. The van der Waals surface area contributed by atoms with Crippen molar-refractivity contribution in [1.82, 2.24) is 0 Å². The number of allylic oxidation sites excluding steroid dienone is 3. The minimum Gasteiger partial charge on any atom is -0.310 e. The molecule has 0 saturated heterocycles. The van der Waals surface area contributed by atoms with E-state index in [2.05, 4.69) is 219 Å². The quantitative estimate of drug-likeness (QED) is 0.163. The number of hydrogen-bond donors (Lipinski definition) is 0. The molecular weight excluding hydrogens is 797 g/mol. The Morgan fingerprint density at radius 3 is 1.65 bits per heavy atom. The highest BCUT2D eigenvalue weighted by Crippen LogP contribution is 2.53. The minimum atomic E-state index is -0.133. The lowest BCUT2D eigenvalue weighted by Crippen LogP contribution is -2.18. The predicted octanol–water partition coefficient (Wildman–Crippen LogP) is 17.2. The molecule has 66 heavy (non-hydrogen) atoms. The molecule has 0 spiro atoms. The van der Waals surface area contributed by atoms with Crippen molar-refractivity contribution in [3.05, 3.63) is 233 Å². The first-order valence-corrected chi connectivity index (χ1v) is 24.0. The first kappa shape index (κ1) is 39.0. The Morgan fingerprint density at radius 1 is 0.424 bits per heavy atom. The number of nitrogens with zero attached hydrogens (tertiary/aromatic N) is 2. The van der Waals surface area contributed by atoms with Crippen LogP contribution in [0.1, 0.15) is 66.5 Å². The van der Waals surface area contributed by atoms with Crippen LogP contribution in [0.2, 0.25) is 0 Å². The highest BCUT2D eigenvalue weighted by atomic mass is 15.2. The minimum absolute atomic E-state index is 0.133. The molecule has 0 saturated carbocycles. The van der Waals surface area contributed by atoms with Gasteiger partial charge in [0.05, 0.1) is 0 Å². The van der Waals surface area contributed by atoms with E-state index in [1.54, 1.807) is 5.57 Å². The molecule has 13 rings (SSSR count). The molecule has 2 aliphatic carbocycles. The van der Waals surface area contributed by atoms with Crippen LogP contribution in [0.3, 0.4) is 0 Å². The van der Waals surface area contributed by atoms with Gasteiger partial charge < -0.3 is 9.80 Å². The summed E-state index contributed by atoms with van der Waals surface area (Å²) in [5, 5.41) is 5.06. The number of anilines is 5. The van der Waals surface area contributed by atoms with Gasteiger partial charge in [-0.15, -0.1) is 0 Å². The van der Waals surface area contributed by atoms with Gasteiger partial charge in [-0.2, -0.15) is 0 Å². The lowest BCUT2D eigenvalue weighted by molar-refractivity contribution is 0.660. The predicted molar refractivity (Wildman–Crippen MR) is 279 cm³/mol. The smallest absolute Gasteiger partial charge is 0.0493 e. The molecule has 0 N–H and O–H groups in total. The summed E-state index contributed by atoms with van der Waals surface area (Å²) in [6, 6.07) is 67.4. The highest BCUT2D eigenvalue weighted by Gasteiger charge is 2.36. The summed E-state index contributed by atoms with van der Waals surface area (Å²) in [5.74, 6) is 0. The Morgan fingerprint density at radius 2 is 0.985 bits per heavy atom. The summed E-state index contributed by atoms with van der Waals surface area (Å²) < 4.78 is 0. The topological polar surface area (TPSA) is 6.48 Å². The second kappa shape index (κ2) is 15.1. The third-order valence-corrected chi connectivity index (χ3v) is 15.3. The fourth-order valence-electron chi connectivity index (χ4n) is 12.1. The van der Waals surface area contributed by atoms with Gasteiger partial charge in [0.25, 0.3) is 0 Å². The van der Waals surface area contributed by atoms with Crippen LogP contribution in [-0.4, -0.2) is 0 Å². The van der Waals surface area contributed by atoms with E-state index in [0.717, 1.165) is 38.5 Å². The molecule has 4 aliphatic rings. The van der Waals surface area contributed by atoms with Gasteiger partial charge in [0.1, 0.15) is 0 Å². The number of para-hydroxylation sites is 3. The van der Waals surface area contributed by atoms with Gasteiger partial charge in [-0.1, -0.05) is 153 Å². The zero-order valence-electron chi connectivity index (χ0n) is 38.0. The van der Waals surface area contributed by atoms with E-state index in [1.165, 1.54) is 122 Å². The normalized spacial score (nSPS) is 15.7. The van der Waals surface area contributed by atoms with Crippen LogP contribution in [0.5, 0.6) is 0 Å². The summed E-state index contributed by atoms with van der Waals surface area (Å²) in [6.45, 7) is 7.03. The van der Waals surface area contributed by atoms with Gasteiger partial charge in [-0.05, 0) is 188 Å². The van der Waals surface area contributed by atoms with Crippen molar-refractivity contribution in [3.8, 4) is 33.4 Å². The van der Waals surface area contributed by atoms with Crippen molar-refractivity contribution in [1.29, 1.82) is 0 Å². The molecule has 9 aromatic carbocycles. The molecule has 2 aliphatic heterocycles. The van der Waals surface area contributed by atoms with Crippen molar-refractivity contribution in [3.63, 3.8) is 0 Å². The maximum absolute atomic E-state index is 2.57. The number of rotatable bonds is 4. The molecule has 0 aromatic heterocycles. The van der Waals surface area contributed by atoms with Crippen molar-refractivity contribution in [2.45, 2.75) is 64.7 Å². The maximum atomic E-state index is 2.57. The standard InChI is InChI=1S/C64H52N2/c1-41-15-14-20-46(37-41)62-52-35-32-49(66-60-25-12-6-18-44(60)29-30-45-19-7-13-26-61(45)66)40-55(52)63(47-31-34-51-50-21-8-9-22-56(50)64(2,3)57(51)38-47)53-36-33-48(39-54(53)62)65-58-23-10-4-16-42(58)27-28-43-17-5-11-24-59(43)65/h4,6-16,18-26,31-40H,5,17,27-30H2,1-3H3. The summed E-state index contributed by atoms with van der Waals surface area (Å²) in [4.78, 5) is 5.10. The third-order valence-electron chi connectivity index (χ3n) is 15.3. The molecule has 0 radical (unpaired) electrons. The van der Waals surface area contributed by atoms with E-state index in [4.69, 9.17) is 0 Å². The largest absolute Gasteiger partial charge is 0.310 e. The molecule has 0 amide bonds. The first-order chi connectivity index (χ1) is 32.4. The molecule has 2 heteroatoms. The van der Waals surface area contributed by atoms with Crippen LogP contribution >= 0.6 is 0 Å². The van der Waals surface area contributed by atoms with E-state index in [-0.39, 0.29) is 5.41 Å². The fraction of sp³-hybridized carbons (Fsp3) is 0.156. The van der Waals surface area contributed by atoms with Crippen molar-refractivity contribution < 1.29 is 0 Å². The number of hydrogen-bond acceptors (Lipinski definition) is 2. The zero-order valence-corrected chi connectivity index (χ0v) is 38.0. The third kappa shape index (κ3) is 6.01. The number of fused-ring (bicyclic) bond motifs is 8. The Kier molecular flexibility index (Phi) is 8.90. The molecule has 0 atom stereocenters. The second-order valence-electron chi connectivity index (χ2n) is 19.5. The number of benzene rings is 9. The molecule has 0 fully saturated rings. The fourth-order valence-corrected chi connectivity index (χ4v) is 12.1. The van der Waals surface area contributed by atoms with Crippen LogP contribution in [0.15, 0.2) is 199 Å². The van der Waals surface area contributed by atoms with Crippen molar-refractivity contribution in [2.75, 3.05) is 9.80 Å². The van der Waals surface area contributed by atoms with E-state index in [0.29, 0.717) is 0 Å². The summed E-state index contributed by atoms with van der Waals surface area (Å²) in [7, 11) is 0. The lowest BCUT2D eigenvalue weighted by atomic mass is 9.80.